The van der Waals surface area contributed by atoms with Crippen molar-refractivity contribution in [3.05, 3.63) is 47.5 Å². The SMILES string of the molecule is COc1ccc(-c2cccc3c2N2CCNCCC2C3)c(C(C)=O)c1. The molecule has 1 atom stereocenters. The van der Waals surface area contributed by atoms with E-state index in [1.807, 2.05) is 18.2 Å². The van der Waals surface area contributed by atoms with Crippen LogP contribution >= 0.6 is 0 Å². The van der Waals surface area contributed by atoms with Crippen LogP contribution in [0.3, 0.4) is 0 Å². The molecule has 1 saturated heterocycles. The van der Waals surface area contributed by atoms with Gasteiger partial charge in [0.25, 0.3) is 0 Å². The Morgan fingerprint density at radius 3 is 2.88 bits per heavy atom. The quantitative estimate of drug-likeness (QED) is 0.874. The Morgan fingerprint density at radius 1 is 1.20 bits per heavy atom. The zero-order chi connectivity index (χ0) is 17.4. The van der Waals surface area contributed by atoms with E-state index >= 15 is 0 Å². The van der Waals surface area contributed by atoms with Gasteiger partial charge in [-0.3, -0.25) is 4.79 Å². The maximum absolute atomic E-state index is 12.3. The maximum atomic E-state index is 12.3. The van der Waals surface area contributed by atoms with Crippen LogP contribution < -0.4 is 15.0 Å². The second-order valence-electron chi connectivity index (χ2n) is 6.87. The zero-order valence-electron chi connectivity index (χ0n) is 14.8. The van der Waals surface area contributed by atoms with Gasteiger partial charge in [0.05, 0.1) is 7.11 Å². The Labute approximate surface area is 148 Å². The number of benzene rings is 2. The van der Waals surface area contributed by atoms with E-state index in [4.69, 9.17) is 4.74 Å². The minimum Gasteiger partial charge on any atom is -0.497 e. The largest absolute Gasteiger partial charge is 0.497 e. The number of rotatable bonds is 3. The first-order valence-electron chi connectivity index (χ1n) is 8.97. The summed E-state index contributed by atoms with van der Waals surface area (Å²) in [5.41, 5.74) is 5.60. The molecule has 2 aliphatic rings. The van der Waals surface area contributed by atoms with Crippen LogP contribution in [-0.4, -0.2) is 38.6 Å². The highest BCUT2D eigenvalue weighted by Crippen LogP contribution is 2.43. The highest BCUT2D eigenvalue weighted by molar-refractivity contribution is 6.03. The lowest BCUT2D eigenvalue weighted by atomic mass is 9.94. The molecule has 0 aromatic heterocycles. The van der Waals surface area contributed by atoms with Crippen molar-refractivity contribution in [2.24, 2.45) is 0 Å². The van der Waals surface area contributed by atoms with E-state index < -0.39 is 0 Å². The third kappa shape index (κ3) is 2.81. The summed E-state index contributed by atoms with van der Waals surface area (Å²) in [7, 11) is 1.63. The van der Waals surface area contributed by atoms with Crippen molar-refractivity contribution >= 4 is 11.5 Å². The van der Waals surface area contributed by atoms with Gasteiger partial charge in [-0.2, -0.15) is 0 Å². The number of hydrogen-bond acceptors (Lipinski definition) is 4. The predicted molar refractivity (Wildman–Crippen MR) is 101 cm³/mol. The number of Topliss-reactive ketones (excluding diaryl/α,β-unsaturated/α-hetero) is 1. The van der Waals surface area contributed by atoms with Crippen molar-refractivity contribution in [2.75, 3.05) is 31.6 Å². The second kappa shape index (κ2) is 6.52. The van der Waals surface area contributed by atoms with Crippen molar-refractivity contribution in [1.29, 1.82) is 0 Å². The van der Waals surface area contributed by atoms with E-state index in [1.54, 1.807) is 14.0 Å². The lowest BCUT2D eigenvalue weighted by Crippen LogP contribution is -2.33. The number of ether oxygens (including phenoxy) is 1. The number of fused-ring (bicyclic) bond motifs is 3. The Morgan fingerprint density at radius 2 is 2.08 bits per heavy atom. The van der Waals surface area contributed by atoms with Crippen molar-refractivity contribution in [2.45, 2.75) is 25.8 Å². The van der Waals surface area contributed by atoms with Crippen molar-refractivity contribution < 1.29 is 9.53 Å². The molecule has 4 heteroatoms. The van der Waals surface area contributed by atoms with Crippen LogP contribution in [-0.2, 0) is 6.42 Å². The van der Waals surface area contributed by atoms with Gasteiger partial charge in [-0.15, -0.1) is 0 Å². The maximum Gasteiger partial charge on any atom is 0.160 e. The summed E-state index contributed by atoms with van der Waals surface area (Å²) in [4.78, 5) is 14.8. The zero-order valence-corrected chi connectivity index (χ0v) is 14.8. The second-order valence-corrected chi connectivity index (χ2v) is 6.87. The van der Waals surface area contributed by atoms with Crippen LogP contribution in [0.2, 0.25) is 0 Å². The molecular formula is C21H24N2O2. The van der Waals surface area contributed by atoms with Gasteiger partial charge in [-0.25, -0.2) is 0 Å². The molecule has 4 nitrogen and oxygen atoms in total. The first kappa shape index (κ1) is 16.2. The van der Waals surface area contributed by atoms with E-state index in [0.29, 0.717) is 6.04 Å². The summed E-state index contributed by atoms with van der Waals surface area (Å²) in [6.45, 7) is 4.72. The average Bonchev–Trinajstić information content (AvgIpc) is 2.82. The third-order valence-electron chi connectivity index (χ3n) is 5.38. The molecule has 25 heavy (non-hydrogen) atoms. The Balaban J connectivity index is 1.86. The van der Waals surface area contributed by atoms with Gasteiger partial charge in [-0.1, -0.05) is 18.2 Å². The van der Waals surface area contributed by atoms with E-state index in [9.17, 15) is 4.79 Å². The molecule has 0 saturated carbocycles. The van der Waals surface area contributed by atoms with Gasteiger partial charge in [0.1, 0.15) is 5.75 Å². The molecule has 0 amide bonds. The first-order valence-corrected chi connectivity index (χ1v) is 8.97. The molecule has 0 spiro atoms. The van der Waals surface area contributed by atoms with Crippen molar-refractivity contribution in [1.82, 2.24) is 5.32 Å². The van der Waals surface area contributed by atoms with Crippen LogP contribution in [0.5, 0.6) is 5.75 Å². The summed E-state index contributed by atoms with van der Waals surface area (Å²) in [6, 6.07) is 12.9. The van der Waals surface area contributed by atoms with Gasteiger partial charge < -0.3 is 15.0 Å². The number of para-hydroxylation sites is 1. The fraction of sp³-hybridized carbons (Fsp3) is 0.381. The average molecular weight is 336 g/mol. The molecule has 2 aromatic carbocycles. The summed E-state index contributed by atoms with van der Waals surface area (Å²) in [5, 5.41) is 3.50. The van der Waals surface area contributed by atoms with Crippen LogP contribution in [0.15, 0.2) is 36.4 Å². The molecule has 4 rings (SSSR count). The number of ketones is 1. The number of nitrogens with zero attached hydrogens (tertiary/aromatic N) is 1. The molecule has 2 aromatic rings. The van der Waals surface area contributed by atoms with Gasteiger partial charge >= 0.3 is 0 Å². The summed E-state index contributed by atoms with van der Waals surface area (Å²) >= 11 is 0. The fourth-order valence-corrected chi connectivity index (χ4v) is 4.18. The minimum absolute atomic E-state index is 0.0681. The number of carbonyl (C=O) groups is 1. The Hall–Kier alpha value is -2.33. The number of anilines is 1. The smallest absolute Gasteiger partial charge is 0.160 e. The van der Waals surface area contributed by atoms with Crippen molar-refractivity contribution in [3.8, 4) is 16.9 Å². The lowest BCUT2D eigenvalue weighted by Gasteiger charge is -2.27. The molecule has 2 aliphatic heterocycles. The van der Waals surface area contributed by atoms with E-state index in [1.165, 1.54) is 11.3 Å². The van der Waals surface area contributed by atoms with Crippen LogP contribution in [0.1, 0.15) is 29.3 Å². The third-order valence-corrected chi connectivity index (χ3v) is 5.38. The van der Waals surface area contributed by atoms with Gasteiger partial charge in [0, 0.05) is 35.9 Å². The summed E-state index contributed by atoms with van der Waals surface area (Å²) < 4.78 is 5.32. The van der Waals surface area contributed by atoms with Crippen molar-refractivity contribution in [3.63, 3.8) is 0 Å². The summed E-state index contributed by atoms with van der Waals surface area (Å²) in [6.07, 6.45) is 2.26. The van der Waals surface area contributed by atoms with E-state index in [2.05, 4.69) is 28.4 Å². The lowest BCUT2D eigenvalue weighted by molar-refractivity contribution is 0.101. The van der Waals surface area contributed by atoms with Gasteiger partial charge in [0.2, 0.25) is 0 Å². The monoisotopic (exact) mass is 336 g/mol. The normalized spacial score (nSPS) is 19.1. The molecule has 0 aliphatic carbocycles. The Kier molecular flexibility index (Phi) is 4.22. The van der Waals surface area contributed by atoms with E-state index in [-0.39, 0.29) is 5.78 Å². The van der Waals surface area contributed by atoms with E-state index in [0.717, 1.165) is 54.9 Å². The number of hydrogen-bond donors (Lipinski definition) is 1. The molecule has 2 heterocycles. The predicted octanol–water partition coefficient (Wildman–Crippen LogP) is 3.29. The first-order chi connectivity index (χ1) is 12.2. The Bertz CT molecular complexity index is 816. The van der Waals surface area contributed by atoms with Crippen LogP contribution in [0.4, 0.5) is 5.69 Å². The van der Waals surface area contributed by atoms with Crippen LogP contribution in [0.25, 0.3) is 11.1 Å². The molecule has 1 unspecified atom stereocenters. The van der Waals surface area contributed by atoms with Gasteiger partial charge in [0.15, 0.2) is 5.78 Å². The molecule has 130 valence electrons. The van der Waals surface area contributed by atoms with Gasteiger partial charge in [-0.05, 0) is 55.6 Å². The topological polar surface area (TPSA) is 41.6 Å². The molecule has 1 N–H and O–H groups in total. The molecular weight excluding hydrogens is 312 g/mol. The standard InChI is InChI=1S/C21H24N2O2/c1-14(24)20-13-17(25-2)6-7-18(20)19-5-3-4-15-12-16-8-9-22-10-11-23(16)21(15)19/h3-7,13,16,22H,8-12H2,1-2H3. The number of carbonyl (C=O) groups excluding carboxylic acids is 1. The fourth-order valence-electron chi connectivity index (χ4n) is 4.18. The number of nitrogens with one attached hydrogen (secondary N) is 1. The number of methoxy groups -OCH3 is 1. The highest BCUT2D eigenvalue weighted by atomic mass is 16.5. The molecule has 0 radical (unpaired) electrons. The summed E-state index contributed by atoms with van der Waals surface area (Å²) in [5.74, 6) is 0.789. The van der Waals surface area contributed by atoms with Crippen LogP contribution in [0, 0.1) is 0 Å². The highest BCUT2D eigenvalue weighted by Gasteiger charge is 2.32. The molecule has 1 fully saturated rings. The molecule has 0 bridgehead atoms. The minimum atomic E-state index is 0.0681.